The Balaban J connectivity index is 1.84. The van der Waals surface area contributed by atoms with Gasteiger partial charge in [0.25, 0.3) is 0 Å². The highest BCUT2D eigenvalue weighted by atomic mass is 35.5. The summed E-state index contributed by atoms with van der Waals surface area (Å²) < 4.78 is 5.64. The third-order valence-corrected chi connectivity index (χ3v) is 3.17. The summed E-state index contributed by atoms with van der Waals surface area (Å²) in [5.74, 6) is 0.992. The van der Waals surface area contributed by atoms with Crippen LogP contribution < -0.4 is 10.6 Å². The van der Waals surface area contributed by atoms with Crippen LogP contribution >= 0.6 is 11.6 Å². The molecule has 17 heavy (non-hydrogen) atoms. The molecule has 0 unspecified atom stereocenters. The molecule has 2 heterocycles. The topological polar surface area (TPSA) is 51.4 Å². The van der Waals surface area contributed by atoms with E-state index in [9.17, 15) is 0 Å². The van der Waals surface area contributed by atoms with Gasteiger partial charge >= 0.3 is 0 Å². The zero-order valence-corrected chi connectivity index (χ0v) is 10.6. The molecule has 2 N–H and O–H groups in total. The van der Waals surface area contributed by atoms with Crippen LogP contribution in [0.5, 0.6) is 0 Å². The maximum atomic E-state index is 5.82. The lowest BCUT2D eigenvalue weighted by molar-refractivity contribution is 0.0421. The Bertz CT molecular complexity index is 336. The number of nitrogens with zero attached hydrogens (tertiary/aromatic N) is 2. The van der Waals surface area contributed by atoms with E-state index < -0.39 is 0 Å². The number of anilines is 1. The summed E-state index contributed by atoms with van der Waals surface area (Å²) in [6, 6.07) is 3.84. The number of piperidine rings is 1. The average molecular weight is 256 g/mol. The molecule has 0 spiro atoms. The molecule has 1 fully saturated rings. The van der Waals surface area contributed by atoms with Gasteiger partial charge in [0.2, 0.25) is 0 Å². The quantitative estimate of drug-likeness (QED) is 0.890. The molecule has 0 saturated carbocycles. The second kappa shape index (κ2) is 6.19. The minimum Gasteiger partial charge on any atom is -0.377 e. The van der Waals surface area contributed by atoms with Crippen LogP contribution in [0.15, 0.2) is 18.3 Å². The van der Waals surface area contributed by atoms with Gasteiger partial charge in [-0.1, -0.05) is 11.6 Å². The van der Waals surface area contributed by atoms with Crippen molar-refractivity contribution in [2.45, 2.75) is 18.9 Å². The van der Waals surface area contributed by atoms with Gasteiger partial charge in [-0.05, 0) is 25.0 Å². The Kier molecular flexibility index (Phi) is 4.59. The van der Waals surface area contributed by atoms with Crippen molar-refractivity contribution in [1.29, 1.82) is 0 Å². The molecule has 1 saturated heterocycles. The summed E-state index contributed by atoms with van der Waals surface area (Å²) in [7, 11) is 0. The van der Waals surface area contributed by atoms with Gasteiger partial charge in [-0.3, -0.25) is 0 Å². The monoisotopic (exact) mass is 255 g/mol. The fourth-order valence-electron chi connectivity index (χ4n) is 2.04. The van der Waals surface area contributed by atoms with Crippen molar-refractivity contribution < 1.29 is 4.74 Å². The molecular formula is C12H18ClN3O. The highest BCUT2D eigenvalue weighted by Crippen LogP contribution is 2.20. The van der Waals surface area contributed by atoms with Gasteiger partial charge in [0.05, 0.1) is 17.7 Å². The Morgan fingerprint density at radius 3 is 2.76 bits per heavy atom. The Labute approximate surface area is 107 Å². The van der Waals surface area contributed by atoms with Crippen LogP contribution in [0.4, 0.5) is 5.82 Å². The van der Waals surface area contributed by atoms with Gasteiger partial charge in [-0.2, -0.15) is 0 Å². The van der Waals surface area contributed by atoms with Crippen LogP contribution in [0.3, 0.4) is 0 Å². The zero-order valence-electron chi connectivity index (χ0n) is 9.81. The number of halogens is 1. The van der Waals surface area contributed by atoms with Crippen molar-refractivity contribution >= 4 is 17.4 Å². The Morgan fingerprint density at radius 2 is 2.18 bits per heavy atom. The van der Waals surface area contributed by atoms with E-state index in [4.69, 9.17) is 22.1 Å². The van der Waals surface area contributed by atoms with Gasteiger partial charge < -0.3 is 15.4 Å². The van der Waals surface area contributed by atoms with Crippen molar-refractivity contribution in [2.75, 3.05) is 31.1 Å². The van der Waals surface area contributed by atoms with Crippen LogP contribution in [0.1, 0.15) is 12.8 Å². The molecule has 1 aliphatic rings. The zero-order chi connectivity index (χ0) is 12.1. The minimum atomic E-state index is 0.349. The number of nitrogens with two attached hydrogens (primary N) is 1. The van der Waals surface area contributed by atoms with E-state index in [0.29, 0.717) is 24.3 Å². The highest BCUT2D eigenvalue weighted by molar-refractivity contribution is 6.30. The summed E-state index contributed by atoms with van der Waals surface area (Å²) in [4.78, 5) is 6.58. The summed E-state index contributed by atoms with van der Waals surface area (Å²) in [5, 5.41) is 0.676. The molecule has 94 valence electrons. The second-order valence-electron chi connectivity index (χ2n) is 4.18. The third-order valence-electron chi connectivity index (χ3n) is 2.95. The predicted molar refractivity (Wildman–Crippen MR) is 69.5 cm³/mol. The van der Waals surface area contributed by atoms with E-state index in [1.165, 1.54) is 0 Å². The fourth-order valence-corrected chi connectivity index (χ4v) is 2.15. The summed E-state index contributed by atoms with van der Waals surface area (Å²) in [6.45, 7) is 3.20. The van der Waals surface area contributed by atoms with Gasteiger partial charge in [-0.25, -0.2) is 4.98 Å². The van der Waals surface area contributed by atoms with Crippen molar-refractivity contribution in [1.82, 2.24) is 4.98 Å². The standard InChI is InChI=1S/C12H18ClN3O/c13-10-1-2-12(15-9-10)16-6-3-11(4-7-16)17-8-5-14/h1-2,9,11H,3-8,14H2. The molecule has 0 radical (unpaired) electrons. The maximum absolute atomic E-state index is 5.82. The molecule has 2 rings (SSSR count). The first-order chi connectivity index (χ1) is 8.29. The van der Waals surface area contributed by atoms with Crippen molar-refractivity contribution in [3.05, 3.63) is 23.4 Å². The summed E-state index contributed by atoms with van der Waals surface area (Å²) in [6.07, 6.45) is 4.10. The normalized spacial score (nSPS) is 17.4. The molecule has 1 aromatic rings. The number of rotatable bonds is 4. The molecule has 1 aromatic heterocycles. The molecule has 0 aromatic carbocycles. The first-order valence-electron chi connectivity index (χ1n) is 5.98. The van der Waals surface area contributed by atoms with Crippen molar-refractivity contribution in [3.63, 3.8) is 0 Å². The van der Waals surface area contributed by atoms with E-state index in [2.05, 4.69) is 9.88 Å². The SMILES string of the molecule is NCCOC1CCN(c2ccc(Cl)cn2)CC1. The lowest BCUT2D eigenvalue weighted by Crippen LogP contribution is -2.38. The first-order valence-corrected chi connectivity index (χ1v) is 6.35. The van der Waals surface area contributed by atoms with Crippen LogP contribution in [0, 0.1) is 0 Å². The first kappa shape index (κ1) is 12.6. The maximum Gasteiger partial charge on any atom is 0.128 e. The number of ether oxygens (including phenoxy) is 1. The molecular weight excluding hydrogens is 238 g/mol. The molecule has 0 amide bonds. The average Bonchev–Trinajstić information content (AvgIpc) is 2.38. The van der Waals surface area contributed by atoms with E-state index in [1.807, 2.05) is 12.1 Å². The smallest absolute Gasteiger partial charge is 0.128 e. The van der Waals surface area contributed by atoms with Crippen LogP contribution in [-0.4, -0.2) is 37.3 Å². The predicted octanol–water partition coefficient (Wildman–Crippen LogP) is 1.68. The molecule has 4 nitrogen and oxygen atoms in total. The fraction of sp³-hybridized carbons (Fsp3) is 0.583. The Hall–Kier alpha value is -0.840. The van der Waals surface area contributed by atoms with E-state index >= 15 is 0 Å². The number of hydrogen-bond acceptors (Lipinski definition) is 4. The van der Waals surface area contributed by atoms with E-state index in [0.717, 1.165) is 31.7 Å². The molecule has 5 heteroatoms. The minimum absolute atomic E-state index is 0.349. The molecule has 0 bridgehead atoms. The van der Waals surface area contributed by atoms with Crippen LogP contribution in [-0.2, 0) is 4.74 Å². The van der Waals surface area contributed by atoms with Gasteiger partial charge in [0, 0.05) is 25.8 Å². The largest absolute Gasteiger partial charge is 0.377 e. The lowest BCUT2D eigenvalue weighted by atomic mass is 10.1. The summed E-state index contributed by atoms with van der Waals surface area (Å²) in [5.41, 5.74) is 5.42. The molecule has 0 aliphatic carbocycles. The highest BCUT2D eigenvalue weighted by Gasteiger charge is 2.20. The van der Waals surface area contributed by atoms with E-state index in [1.54, 1.807) is 6.20 Å². The van der Waals surface area contributed by atoms with E-state index in [-0.39, 0.29) is 0 Å². The van der Waals surface area contributed by atoms with Crippen molar-refractivity contribution in [3.8, 4) is 0 Å². The van der Waals surface area contributed by atoms with Gasteiger partial charge in [0.1, 0.15) is 5.82 Å². The molecule has 1 aliphatic heterocycles. The van der Waals surface area contributed by atoms with Gasteiger partial charge in [0.15, 0.2) is 0 Å². The number of aromatic nitrogens is 1. The molecule has 0 atom stereocenters. The van der Waals surface area contributed by atoms with Crippen molar-refractivity contribution in [2.24, 2.45) is 5.73 Å². The Morgan fingerprint density at radius 1 is 1.41 bits per heavy atom. The van der Waals surface area contributed by atoms with Gasteiger partial charge in [-0.15, -0.1) is 0 Å². The number of pyridine rings is 1. The summed E-state index contributed by atoms with van der Waals surface area (Å²) >= 11 is 5.82. The number of hydrogen-bond donors (Lipinski definition) is 1. The lowest BCUT2D eigenvalue weighted by Gasteiger charge is -2.32. The van der Waals surface area contributed by atoms with Crippen LogP contribution in [0.25, 0.3) is 0 Å². The van der Waals surface area contributed by atoms with Crippen LogP contribution in [0.2, 0.25) is 5.02 Å². The second-order valence-corrected chi connectivity index (χ2v) is 4.62. The third kappa shape index (κ3) is 3.56.